The molecule has 2 atom stereocenters. The molecule has 0 aliphatic heterocycles. The van der Waals surface area contributed by atoms with E-state index >= 15 is 0 Å². The van der Waals surface area contributed by atoms with Crippen LogP contribution in [0.1, 0.15) is 79.4 Å². The molecule has 3 rings (SSSR count). The topological polar surface area (TPSA) is 92.4 Å². The van der Waals surface area contributed by atoms with Crippen LogP contribution in [0, 0.1) is 12.8 Å². The molecule has 0 radical (unpaired) electrons. The Balaban J connectivity index is 1.72. The van der Waals surface area contributed by atoms with Crippen molar-refractivity contribution in [2.45, 2.75) is 70.3 Å². The van der Waals surface area contributed by atoms with Gasteiger partial charge < -0.3 is 14.8 Å². The monoisotopic (exact) mass is 320 g/mol. The number of aliphatic carboxylic acids is 1. The molecule has 2 unspecified atom stereocenters. The number of aromatic nitrogens is 1. The van der Waals surface area contributed by atoms with Gasteiger partial charge in [0.2, 0.25) is 5.76 Å². The van der Waals surface area contributed by atoms with Crippen molar-refractivity contribution < 1.29 is 19.1 Å². The van der Waals surface area contributed by atoms with E-state index in [2.05, 4.69) is 10.3 Å². The third-order valence-electron chi connectivity index (χ3n) is 4.85. The van der Waals surface area contributed by atoms with Crippen LogP contribution >= 0.6 is 0 Å². The van der Waals surface area contributed by atoms with E-state index in [9.17, 15) is 14.7 Å². The Labute approximate surface area is 135 Å². The van der Waals surface area contributed by atoms with Crippen molar-refractivity contribution in [3.63, 3.8) is 0 Å². The summed E-state index contributed by atoms with van der Waals surface area (Å²) >= 11 is 0. The van der Waals surface area contributed by atoms with Gasteiger partial charge in [0, 0.05) is 12.0 Å². The Morgan fingerprint density at radius 1 is 1.13 bits per heavy atom. The average molecular weight is 320 g/mol. The maximum Gasteiger partial charge on any atom is 0.308 e. The second-order valence-corrected chi connectivity index (χ2v) is 6.76. The van der Waals surface area contributed by atoms with Crippen molar-refractivity contribution in [2.24, 2.45) is 5.92 Å². The average Bonchev–Trinajstić information content (AvgIpc) is 3.24. The molecule has 126 valence electrons. The van der Waals surface area contributed by atoms with E-state index in [-0.39, 0.29) is 17.7 Å². The van der Waals surface area contributed by atoms with E-state index in [1.807, 2.05) is 0 Å². The molecule has 2 aliphatic rings. The molecule has 2 N–H and O–H groups in total. The van der Waals surface area contributed by atoms with Crippen LogP contribution in [-0.4, -0.2) is 28.0 Å². The Hall–Kier alpha value is -1.85. The molecule has 0 saturated heterocycles. The molecular formula is C17H24N2O4. The van der Waals surface area contributed by atoms with Gasteiger partial charge in [-0.25, -0.2) is 4.98 Å². The number of hydrogen-bond donors (Lipinski definition) is 2. The summed E-state index contributed by atoms with van der Waals surface area (Å²) in [7, 11) is 0. The first-order valence-electron chi connectivity index (χ1n) is 8.57. The molecule has 2 fully saturated rings. The smallest absolute Gasteiger partial charge is 0.308 e. The van der Waals surface area contributed by atoms with Crippen LogP contribution in [-0.2, 0) is 4.79 Å². The minimum absolute atomic E-state index is 0.234. The number of nitrogens with one attached hydrogen (secondary N) is 1. The minimum Gasteiger partial charge on any atom is -0.481 e. The van der Waals surface area contributed by atoms with Crippen molar-refractivity contribution in [1.82, 2.24) is 10.3 Å². The molecule has 1 heterocycles. The Bertz CT molecular complexity index is 591. The third kappa shape index (κ3) is 3.74. The minimum atomic E-state index is -0.829. The van der Waals surface area contributed by atoms with E-state index in [1.54, 1.807) is 6.92 Å². The van der Waals surface area contributed by atoms with Gasteiger partial charge in [-0.15, -0.1) is 0 Å². The first-order valence-corrected chi connectivity index (χ1v) is 8.57. The van der Waals surface area contributed by atoms with Gasteiger partial charge in [-0.05, 0) is 32.6 Å². The fraction of sp³-hybridized carbons (Fsp3) is 0.706. The number of amides is 1. The van der Waals surface area contributed by atoms with Crippen LogP contribution in [0.3, 0.4) is 0 Å². The van der Waals surface area contributed by atoms with Crippen LogP contribution in [0.2, 0.25) is 0 Å². The molecule has 1 aromatic rings. The lowest BCUT2D eigenvalue weighted by Crippen LogP contribution is -2.44. The lowest BCUT2D eigenvalue weighted by atomic mass is 9.86. The Morgan fingerprint density at radius 2 is 1.83 bits per heavy atom. The van der Waals surface area contributed by atoms with Gasteiger partial charge >= 0.3 is 5.97 Å². The van der Waals surface area contributed by atoms with Gasteiger partial charge in [-0.1, -0.05) is 25.7 Å². The summed E-state index contributed by atoms with van der Waals surface area (Å²) in [6.07, 6.45) is 7.43. The summed E-state index contributed by atoms with van der Waals surface area (Å²) < 4.78 is 5.62. The molecule has 1 aromatic heterocycles. The summed E-state index contributed by atoms with van der Waals surface area (Å²) in [5.41, 5.74) is 0.585. The van der Waals surface area contributed by atoms with Gasteiger partial charge in [0.05, 0.1) is 11.6 Å². The summed E-state index contributed by atoms with van der Waals surface area (Å²) in [6, 6.07) is -0.339. The van der Waals surface area contributed by atoms with Gasteiger partial charge in [0.25, 0.3) is 5.91 Å². The van der Waals surface area contributed by atoms with Gasteiger partial charge in [-0.2, -0.15) is 0 Å². The van der Waals surface area contributed by atoms with Crippen LogP contribution in [0.15, 0.2) is 4.42 Å². The van der Waals surface area contributed by atoms with E-state index in [4.69, 9.17) is 4.42 Å². The number of rotatable bonds is 4. The van der Waals surface area contributed by atoms with Crippen molar-refractivity contribution in [1.29, 1.82) is 0 Å². The zero-order valence-electron chi connectivity index (χ0n) is 13.5. The zero-order chi connectivity index (χ0) is 16.4. The third-order valence-corrected chi connectivity index (χ3v) is 4.85. The number of aryl methyl sites for hydroxylation is 1. The molecule has 0 spiro atoms. The second kappa shape index (κ2) is 6.72. The molecule has 0 bridgehead atoms. The first kappa shape index (κ1) is 16.0. The highest BCUT2D eigenvalue weighted by Crippen LogP contribution is 2.40. The highest BCUT2D eigenvalue weighted by atomic mass is 16.4. The maximum atomic E-state index is 12.5. The number of hydrogen-bond acceptors (Lipinski definition) is 4. The predicted molar refractivity (Wildman–Crippen MR) is 83.3 cm³/mol. The molecule has 0 aromatic carbocycles. The van der Waals surface area contributed by atoms with Crippen molar-refractivity contribution in [3.8, 4) is 0 Å². The van der Waals surface area contributed by atoms with Crippen molar-refractivity contribution >= 4 is 11.9 Å². The van der Waals surface area contributed by atoms with E-state index in [0.29, 0.717) is 30.3 Å². The van der Waals surface area contributed by atoms with Gasteiger partial charge in [0.1, 0.15) is 0 Å². The molecule has 6 heteroatoms. The number of oxazole rings is 1. The van der Waals surface area contributed by atoms with Crippen molar-refractivity contribution in [3.05, 3.63) is 17.3 Å². The summed E-state index contributed by atoms with van der Waals surface area (Å²) in [5.74, 6) is -0.462. The Morgan fingerprint density at radius 3 is 2.48 bits per heavy atom. The highest BCUT2D eigenvalue weighted by Gasteiger charge is 2.33. The van der Waals surface area contributed by atoms with Crippen LogP contribution in [0.4, 0.5) is 0 Å². The van der Waals surface area contributed by atoms with Crippen molar-refractivity contribution in [2.75, 3.05) is 0 Å². The molecule has 6 nitrogen and oxygen atoms in total. The van der Waals surface area contributed by atoms with Crippen LogP contribution in [0.5, 0.6) is 0 Å². The maximum absolute atomic E-state index is 12.5. The van der Waals surface area contributed by atoms with Crippen LogP contribution < -0.4 is 5.32 Å². The number of carbonyl (C=O) groups excluding carboxylic acids is 1. The summed E-state index contributed by atoms with van der Waals surface area (Å²) in [6.45, 7) is 1.76. The Kier molecular flexibility index (Phi) is 4.68. The zero-order valence-corrected chi connectivity index (χ0v) is 13.5. The highest BCUT2D eigenvalue weighted by molar-refractivity contribution is 5.93. The quantitative estimate of drug-likeness (QED) is 0.889. The summed E-state index contributed by atoms with van der Waals surface area (Å²) in [4.78, 5) is 28.4. The predicted octanol–water partition coefficient (Wildman–Crippen LogP) is 3.01. The molecule has 23 heavy (non-hydrogen) atoms. The molecular weight excluding hydrogens is 296 g/mol. The lowest BCUT2D eigenvalue weighted by Gasteiger charge is -2.26. The van der Waals surface area contributed by atoms with Gasteiger partial charge in [-0.3, -0.25) is 9.59 Å². The van der Waals surface area contributed by atoms with Gasteiger partial charge in [0.15, 0.2) is 5.89 Å². The number of carboxylic acids is 1. The normalized spacial score (nSPS) is 25.4. The summed E-state index contributed by atoms with van der Waals surface area (Å²) in [5, 5.41) is 12.4. The molecule has 1 amide bonds. The van der Waals surface area contributed by atoms with E-state index < -0.39 is 11.9 Å². The largest absolute Gasteiger partial charge is 0.481 e. The second-order valence-electron chi connectivity index (χ2n) is 6.76. The number of carbonyl (C=O) groups is 2. The number of nitrogens with zero attached hydrogens (tertiary/aromatic N) is 1. The lowest BCUT2D eigenvalue weighted by molar-refractivity contribution is -0.143. The molecule has 2 saturated carbocycles. The van der Waals surface area contributed by atoms with E-state index in [0.717, 1.165) is 38.5 Å². The fourth-order valence-corrected chi connectivity index (χ4v) is 3.32. The van der Waals surface area contributed by atoms with Crippen LogP contribution in [0.25, 0.3) is 0 Å². The van der Waals surface area contributed by atoms with E-state index in [1.165, 1.54) is 0 Å². The fourth-order valence-electron chi connectivity index (χ4n) is 3.32. The SMILES string of the molecule is Cc1nc(C2CC2)oc1C(=O)NC1CCCCCCC1C(=O)O. The standard InChI is InChI=1S/C17H24N2O4/c1-10-14(23-16(18-10)11-8-9-11)15(20)19-13-7-5-3-2-4-6-12(13)17(21)22/h11-13H,2-9H2,1H3,(H,19,20)(H,21,22). The molecule has 2 aliphatic carbocycles. The number of carboxylic acid groups (broad SMARTS) is 1. The first-order chi connectivity index (χ1) is 11.1.